The minimum Gasteiger partial charge on any atom is -0.494 e. The van der Waals surface area contributed by atoms with Gasteiger partial charge in [0, 0.05) is 41.1 Å². The van der Waals surface area contributed by atoms with Gasteiger partial charge in [-0.05, 0) is 36.6 Å². The third-order valence-electron chi connectivity index (χ3n) is 3.90. The van der Waals surface area contributed by atoms with Crippen LogP contribution in [0.2, 0.25) is 0 Å². The second-order valence-corrected chi connectivity index (χ2v) is 7.21. The quantitative estimate of drug-likeness (QED) is 0.706. The Labute approximate surface area is 168 Å². The van der Waals surface area contributed by atoms with Gasteiger partial charge in [0.2, 0.25) is 0 Å². The highest BCUT2D eigenvalue weighted by Gasteiger charge is 2.27. The zero-order valence-electron chi connectivity index (χ0n) is 13.5. The van der Waals surface area contributed by atoms with Crippen molar-refractivity contribution in [3.05, 3.63) is 50.6 Å². The fraction of sp³-hybridized carbons (Fsp3) is 0.412. The number of ether oxygens (including phenoxy) is 1. The minimum absolute atomic E-state index is 0. The van der Waals surface area contributed by atoms with Crippen molar-refractivity contribution in [3.8, 4) is 5.75 Å². The van der Waals surface area contributed by atoms with Gasteiger partial charge < -0.3 is 10.1 Å². The van der Waals surface area contributed by atoms with Crippen molar-refractivity contribution in [2.24, 2.45) is 0 Å². The summed E-state index contributed by atoms with van der Waals surface area (Å²) >= 11 is 5.44. The second-order valence-electron chi connectivity index (χ2n) is 5.32. The molecule has 24 heavy (non-hydrogen) atoms. The number of rotatable bonds is 5. The lowest BCUT2D eigenvalue weighted by molar-refractivity contribution is 0.196. The fourth-order valence-electron chi connectivity index (χ4n) is 2.94. The van der Waals surface area contributed by atoms with Crippen LogP contribution in [0.5, 0.6) is 5.75 Å². The third-order valence-corrected chi connectivity index (χ3v) is 5.31. The predicted octanol–water partition coefficient (Wildman–Crippen LogP) is 4.75. The molecule has 0 spiro atoms. The van der Waals surface area contributed by atoms with Crippen LogP contribution < -0.4 is 10.1 Å². The number of thiophene rings is 1. The van der Waals surface area contributed by atoms with E-state index in [0.717, 1.165) is 36.4 Å². The molecule has 1 N–H and O–H groups in total. The molecule has 0 radical (unpaired) electrons. The summed E-state index contributed by atoms with van der Waals surface area (Å²) in [7, 11) is 0. The first kappa shape index (κ1) is 21.7. The molecule has 1 aliphatic heterocycles. The molecule has 7 heteroatoms. The van der Waals surface area contributed by atoms with Gasteiger partial charge in [0.25, 0.3) is 0 Å². The zero-order valence-corrected chi connectivity index (χ0v) is 17.6. The van der Waals surface area contributed by atoms with Crippen LogP contribution in [0, 0.1) is 0 Å². The topological polar surface area (TPSA) is 24.5 Å². The molecule has 3 nitrogen and oxygen atoms in total. The normalized spacial score (nSPS) is 15.9. The van der Waals surface area contributed by atoms with E-state index in [1.165, 1.54) is 10.4 Å². The van der Waals surface area contributed by atoms with E-state index in [4.69, 9.17) is 4.74 Å². The summed E-state index contributed by atoms with van der Waals surface area (Å²) in [6.45, 7) is 6.92. The Bertz CT molecular complexity index is 607. The molecular weight excluding hydrogens is 431 g/mol. The van der Waals surface area contributed by atoms with E-state index in [-0.39, 0.29) is 30.9 Å². The number of nitrogens with zero attached hydrogens (tertiary/aromatic N) is 1. The van der Waals surface area contributed by atoms with Gasteiger partial charge in [-0.25, -0.2) is 0 Å². The van der Waals surface area contributed by atoms with E-state index in [1.54, 1.807) is 0 Å². The van der Waals surface area contributed by atoms with Crippen LogP contribution in [-0.2, 0) is 0 Å². The highest BCUT2D eigenvalue weighted by molar-refractivity contribution is 9.10. The van der Waals surface area contributed by atoms with Crippen molar-refractivity contribution in [2.45, 2.75) is 13.0 Å². The first-order valence-corrected chi connectivity index (χ1v) is 9.37. The van der Waals surface area contributed by atoms with Crippen molar-refractivity contribution < 1.29 is 4.74 Å². The van der Waals surface area contributed by atoms with Crippen LogP contribution in [0.25, 0.3) is 0 Å². The Kier molecular flexibility index (Phi) is 9.64. The summed E-state index contributed by atoms with van der Waals surface area (Å²) in [4.78, 5) is 3.92. The molecule has 0 bridgehead atoms. The Morgan fingerprint density at radius 2 is 2.00 bits per heavy atom. The predicted molar refractivity (Wildman–Crippen MR) is 110 cm³/mol. The molecule has 1 saturated heterocycles. The molecule has 3 rings (SSSR count). The van der Waals surface area contributed by atoms with Crippen LogP contribution in [0.1, 0.15) is 23.4 Å². The number of hydrogen-bond donors (Lipinski definition) is 1. The van der Waals surface area contributed by atoms with Crippen LogP contribution in [0.3, 0.4) is 0 Å². The summed E-state index contributed by atoms with van der Waals surface area (Å²) in [5, 5.41) is 5.59. The minimum atomic E-state index is 0. The zero-order chi connectivity index (χ0) is 15.4. The van der Waals surface area contributed by atoms with Crippen LogP contribution in [0.4, 0.5) is 0 Å². The first-order chi connectivity index (χ1) is 10.8. The lowest BCUT2D eigenvalue weighted by Gasteiger charge is -2.35. The summed E-state index contributed by atoms with van der Waals surface area (Å²) in [6.07, 6.45) is 0. The summed E-state index contributed by atoms with van der Waals surface area (Å²) < 4.78 is 7.00. The highest BCUT2D eigenvalue weighted by atomic mass is 79.9. The Morgan fingerprint density at radius 3 is 2.62 bits per heavy atom. The molecule has 134 valence electrons. The van der Waals surface area contributed by atoms with E-state index in [1.807, 2.05) is 18.3 Å². The Morgan fingerprint density at radius 1 is 1.25 bits per heavy atom. The largest absolute Gasteiger partial charge is 0.494 e. The molecule has 2 heterocycles. The number of piperazine rings is 1. The molecule has 0 saturated carbocycles. The molecule has 1 aliphatic rings. The van der Waals surface area contributed by atoms with Crippen molar-refractivity contribution in [3.63, 3.8) is 0 Å². The van der Waals surface area contributed by atoms with E-state index in [0.29, 0.717) is 6.61 Å². The van der Waals surface area contributed by atoms with Crippen molar-refractivity contribution in [1.82, 2.24) is 10.2 Å². The molecule has 0 aliphatic carbocycles. The van der Waals surface area contributed by atoms with Gasteiger partial charge in [-0.1, -0.05) is 22.0 Å². The molecule has 1 aromatic carbocycles. The average Bonchev–Trinajstić information content (AvgIpc) is 3.05. The SMILES string of the molecule is CCOc1ccc(Br)cc1[C@H](c1cccs1)N1CCNCC1.Cl.Cl. The maximum absolute atomic E-state index is 5.90. The van der Waals surface area contributed by atoms with Crippen LogP contribution >= 0.6 is 52.1 Å². The van der Waals surface area contributed by atoms with E-state index in [2.05, 4.69) is 61.9 Å². The van der Waals surface area contributed by atoms with Gasteiger partial charge in [0.1, 0.15) is 5.75 Å². The number of nitrogens with one attached hydrogen (secondary N) is 1. The van der Waals surface area contributed by atoms with Crippen LogP contribution in [0.15, 0.2) is 40.2 Å². The van der Waals surface area contributed by atoms with Gasteiger partial charge in [0.15, 0.2) is 0 Å². The number of benzene rings is 1. The van der Waals surface area contributed by atoms with Gasteiger partial charge in [-0.15, -0.1) is 36.2 Å². The van der Waals surface area contributed by atoms with Gasteiger partial charge in [-0.3, -0.25) is 4.90 Å². The maximum Gasteiger partial charge on any atom is 0.124 e. The third kappa shape index (κ3) is 5.10. The summed E-state index contributed by atoms with van der Waals surface area (Å²) in [5.74, 6) is 0.989. The number of hydrogen-bond acceptors (Lipinski definition) is 4. The molecular formula is C17H23BrCl2N2OS. The molecule has 1 atom stereocenters. The first-order valence-electron chi connectivity index (χ1n) is 7.70. The molecule has 1 fully saturated rings. The number of halogens is 3. The monoisotopic (exact) mass is 452 g/mol. The van der Waals surface area contributed by atoms with Gasteiger partial charge >= 0.3 is 0 Å². The summed E-state index contributed by atoms with van der Waals surface area (Å²) in [6, 6.07) is 11.0. The lowest BCUT2D eigenvalue weighted by atomic mass is 10.0. The van der Waals surface area contributed by atoms with Crippen molar-refractivity contribution in [1.29, 1.82) is 0 Å². The molecule has 1 aromatic heterocycles. The second kappa shape index (κ2) is 10.6. The van der Waals surface area contributed by atoms with Crippen LogP contribution in [-0.4, -0.2) is 37.7 Å². The molecule has 0 amide bonds. The Hall–Kier alpha value is -0.300. The van der Waals surface area contributed by atoms with E-state index < -0.39 is 0 Å². The summed E-state index contributed by atoms with van der Waals surface area (Å²) in [5.41, 5.74) is 1.25. The molecule has 0 unspecified atom stereocenters. The van der Waals surface area contributed by atoms with Crippen molar-refractivity contribution >= 4 is 52.1 Å². The van der Waals surface area contributed by atoms with Crippen molar-refractivity contribution in [2.75, 3.05) is 32.8 Å². The smallest absolute Gasteiger partial charge is 0.124 e. The van der Waals surface area contributed by atoms with Gasteiger partial charge in [-0.2, -0.15) is 0 Å². The molecule has 2 aromatic rings. The Balaban J connectivity index is 0.00000144. The van der Waals surface area contributed by atoms with E-state index >= 15 is 0 Å². The van der Waals surface area contributed by atoms with Gasteiger partial charge in [0.05, 0.1) is 12.6 Å². The lowest BCUT2D eigenvalue weighted by Crippen LogP contribution is -2.45. The maximum atomic E-state index is 5.90. The van der Waals surface area contributed by atoms with E-state index in [9.17, 15) is 0 Å². The fourth-order valence-corrected chi connectivity index (χ4v) is 4.19. The standard InChI is InChI=1S/C17H21BrN2OS.2ClH/c1-2-21-15-6-5-13(18)12-14(15)17(16-4-3-11-22-16)20-9-7-19-8-10-20;;/h3-6,11-12,17,19H,2,7-10H2,1H3;2*1H/t17-;;/m1../s1. The highest BCUT2D eigenvalue weighted by Crippen LogP contribution is 2.38. The average molecular weight is 454 g/mol.